The topological polar surface area (TPSA) is 70.1 Å². The summed E-state index contributed by atoms with van der Waals surface area (Å²) >= 11 is 0. The maximum absolute atomic E-state index is 12.2. The maximum atomic E-state index is 12.2. The summed E-state index contributed by atoms with van der Waals surface area (Å²) in [5, 5.41) is 2.24. The Balaban J connectivity index is 2.06. The summed E-state index contributed by atoms with van der Waals surface area (Å²) in [7, 11) is 0. The zero-order valence-electron chi connectivity index (χ0n) is 12.2. The third-order valence-electron chi connectivity index (χ3n) is 4.10. The van der Waals surface area contributed by atoms with Gasteiger partial charge in [0.15, 0.2) is 0 Å². The number of rotatable bonds is 2. The molecule has 22 heavy (non-hydrogen) atoms. The summed E-state index contributed by atoms with van der Waals surface area (Å²) < 4.78 is 7.23. The number of nitrogens with zero attached hydrogens (tertiary/aromatic N) is 2. The van der Waals surface area contributed by atoms with E-state index in [1.54, 1.807) is 13.1 Å². The summed E-state index contributed by atoms with van der Waals surface area (Å²) in [4.78, 5) is 16.6. The van der Waals surface area contributed by atoms with Crippen LogP contribution in [0.4, 0.5) is 0 Å². The van der Waals surface area contributed by atoms with Crippen LogP contribution in [0.1, 0.15) is 12.6 Å². The van der Waals surface area contributed by atoms with Crippen molar-refractivity contribution < 1.29 is 9.53 Å². The third-order valence-corrected chi connectivity index (χ3v) is 4.10. The molecular weight excluding hydrogens is 278 g/mol. The van der Waals surface area contributed by atoms with Gasteiger partial charge in [0, 0.05) is 22.5 Å². The van der Waals surface area contributed by atoms with E-state index in [1.807, 2.05) is 24.3 Å². The predicted octanol–water partition coefficient (Wildman–Crippen LogP) is 2.44. The number of nitrogens with two attached hydrogens (primary N) is 1. The largest absolute Gasteiger partial charge is 0.463 e. The van der Waals surface area contributed by atoms with Gasteiger partial charge in [-0.15, -0.1) is 0 Å². The first-order valence-electron chi connectivity index (χ1n) is 7.24. The number of aromatic nitrogens is 2. The Morgan fingerprint density at radius 2 is 2.14 bits per heavy atom. The molecule has 110 valence electrons. The van der Waals surface area contributed by atoms with Gasteiger partial charge in [0.2, 0.25) is 0 Å². The predicted molar refractivity (Wildman–Crippen MR) is 85.0 cm³/mol. The molecule has 0 fully saturated rings. The van der Waals surface area contributed by atoms with Gasteiger partial charge >= 0.3 is 5.97 Å². The Hall–Kier alpha value is -2.82. The van der Waals surface area contributed by atoms with Gasteiger partial charge in [-0.05, 0) is 19.1 Å². The average molecular weight is 293 g/mol. The lowest BCUT2D eigenvalue weighted by Crippen LogP contribution is -2.22. The van der Waals surface area contributed by atoms with Gasteiger partial charge in [-0.3, -0.25) is 4.98 Å². The lowest BCUT2D eigenvalue weighted by molar-refractivity contribution is -0.138. The van der Waals surface area contributed by atoms with Crippen molar-refractivity contribution in [3.05, 3.63) is 47.8 Å². The van der Waals surface area contributed by atoms with Crippen molar-refractivity contribution in [1.82, 2.24) is 9.55 Å². The molecule has 1 aromatic carbocycles. The van der Waals surface area contributed by atoms with E-state index in [-0.39, 0.29) is 5.97 Å². The fraction of sp³-hybridized carbons (Fsp3) is 0.176. The van der Waals surface area contributed by atoms with Gasteiger partial charge in [0.25, 0.3) is 0 Å². The number of pyridine rings is 1. The number of para-hydroxylation sites is 1. The molecule has 0 radical (unpaired) electrons. The van der Waals surface area contributed by atoms with E-state index in [2.05, 4.69) is 15.6 Å². The zero-order valence-corrected chi connectivity index (χ0v) is 12.2. The van der Waals surface area contributed by atoms with E-state index in [0.717, 1.165) is 21.8 Å². The molecule has 3 aromatic rings. The third kappa shape index (κ3) is 1.59. The molecule has 4 rings (SSSR count). The molecule has 0 saturated heterocycles. The minimum absolute atomic E-state index is 0.326. The average Bonchev–Trinajstić information content (AvgIpc) is 2.86. The highest BCUT2D eigenvalue weighted by Gasteiger charge is 2.27. The Bertz CT molecular complexity index is 953. The van der Waals surface area contributed by atoms with Crippen molar-refractivity contribution in [2.24, 2.45) is 5.73 Å². The molecule has 0 atom stereocenters. The van der Waals surface area contributed by atoms with E-state index < -0.39 is 0 Å². The van der Waals surface area contributed by atoms with Gasteiger partial charge in [-0.25, -0.2) is 4.79 Å². The van der Waals surface area contributed by atoms with Gasteiger partial charge in [-0.2, -0.15) is 0 Å². The van der Waals surface area contributed by atoms with Crippen molar-refractivity contribution in [1.29, 1.82) is 0 Å². The molecule has 3 heterocycles. The minimum Gasteiger partial charge on any atom is -0.463 e. The fourth-order valence-corrected chi connectivity index (χ4v) is 3.14. The quantitative estimate of drug-likeness (QED) is 0.737. The second kappa shape index (κ2) is 4.59. The molecule has 0 amide bonds. The fourth-order valence-electron chi connectivity index (χ4n) is 3.14. The van der Waals surface area contributed by atoms with Crippen LogP contribution in [0.3, 0.4) is 0 Å². The first kappa shape index (κ1) is 12.9. The van der Waals surface area contributed by atoms with E-state index in [0.29, 0.717) is 30.1 Å². The standard InChI is InChI=1S/C17H15N3O2/c1-2-22-17(21)12-9-20-13-6-4-3-5-10(13)11-7-8-19-15(14(12)18)16(11)20/h3-8H,2,9,18H2,1H3. The van der Waals surface area contributed by atoms with E-state index in [1.165, 1.54) is 0 Å². The molecule has 2 aromatic heterocycles. The Labute approximate surface area is 127 Å². The second-order valence-corrected chi connectivity index (χ2v) is 5.27. The molecule has 0 unspecified atom stereocenters. The summed E-state index contributed by atoms with van der Waals surface area (Å²) in [6.45, 7) is 2.52. The molecule has 0 spiro atoms. The minimum atomic E-state index is -0.373. The lowest BCUT2D eigenvalue weighted by atomic mass is 10.1. The molecule has 1 aliphatic rings. The highest BCUT2D eigenvalue weighted by Crippen LogP contribution is 2.36. The van der Waals surface area contributed by atoms with E-state index in [4.69, 9.17) is 10.5 Å². The Morgan fingerprint density at radius 1 is 1.32 bits per heavy atom. The first-order valence-corrected chi connectivity index (χ1v) is 7.24. The van der Waals surface area contributed by atoms with E-state index in [9.17, 15) is 4.79 Å². The van der Waals surface area contributed by atoms with Crippen LogP contribution in [0.5, 0.6) is 0 Å². The smallest absolute Gasteiger partial charge is 0.338 e. The number of carbonyl (C=O) groups is 1. The van der Waals surface area contributed by atoms with Gasteiger partial charge < -0.3 is 15.0 Å². The summed E-state index contributed by atoms with van der Waals surface area (Å²) in [5.74, 6) is -0.373. The summed E-state index contributed by atoms with van der Waals surface area (Å²) in [6, 6.07) is 10.1. The van der Waals surface area contributed by atoms with Crippen LogP contribution >= 0.6 is 0 Å². The number of esters is 1. The number of hydrogen-bond acceptors (Lipinski definition) is 4. The van der Waals surface area contributed by atoms with E-state index >= 15 is 0 Å². The van der Waals surface area contributed by atoms with Crippen LogP contribution in [-0.4, -0.2) is 22.1 Å². The lowest BCUT2D eigenvalue weighted by Gasteiger charge is -2.19. The van der Waals surface area contributed by atoms with Crippen LogP contribution in [0.2, 0.25) is 0 Å². The Kier molecular flexibility index (Phi) is 2.69. The SMILES string of the molecule is CCOC(=O)C1=C(N)c2nccc3c4ccccc4n(c23)C1. The highest BCUT2D eigenvalue weighted by atomic mass is 16.5. The molecular formula is C17H15N3O2. The van der Waals surface area contributed by atoms with Crippen LogP contribution in [-0.2, 0) is 16.1 Å². The Morgan fingerprint density at radius 3 is 2.95 bits per heavy atom. The number of hydrogen-bond donors (Lipinski definition) is 1. The number of ether oxygens (including phenoxy) is 1. The second-order valence-electron chi connectivity index (χ2n) is 5.27. The van der Waals surface area contributed by atoms with Crippen molar-refractivity contribution in [2.45, 2.75) is 13.5 Å². The van der Waals surface area contributed by atoms with Crippen molar-refractivity contribution in [3.63, 3.8) is 0 Å². The van der Waals surface area contributed by atoms with Gasteiger partial charge in [0.1, 0.15) is 5.69 Å². The normalized spacial score (nSPS) is 13.9. The highest BCUT2D eigenvalue weighted by molar-refractivity contribution is 6.13. The molecule has 0 saturated carbocycles. The van der Waals surface area contributed by atoms with Gasteiger partial charge in [-0.1, -0.05) is 18.2 Å². The molecule has 5 nitrogen and oxygen atoms in total. The van der Waals surface area contributed by atoms with Crippen LogP contribution in [0.25, 0.3) is 27.5 Å². The first-order chi connectivity index (χ1) is 10.7. The maximum Gasteiger partial charge on any atom is 0.338 e. The van der Waals surface area contributed by atoms with Gasteiger partial charge in [0.05, 0.1) is 29.9 Å². The molecule has 0 aliphatic carbocycles. The van der Waals surface area contributed by atoms with Crippen LogP contribution in [0.15, 0.2) is 42.1 Å². The molecule has 5 heteroatoms. The van der Waals surface area contributed by atoms with Crippen molar-refractivity contribution >= 4 is 33.5 Å². The number of carbonyl (C=O) groups excluding carboxylic acids is 1. The summed E-state index contributed by atoms with van der Waals surface area (Å²) in [5.41, 5.74) is 9.80. The monoisotopic (exact) mass is 293 g/mol. The van der Waals surface area contributed by atoms with Crippen molar-refractivity contribution in [2.75, 3.05) is 6.61 Å². The molecule has 2 N–H and O–H groups in total. The van der Waals surface area contributed by atoms with Crippen LogP contribution < -0.4 is 5.73 Å². The zero-order chi connectivity index (χ0) is 15.3. The summed E-state index contributed by atoms with van der Waals surface area (Å²) in [6.07, 6.45) is 1.73. The molecule has 1 aliphatic heterocycles. The van der Waals surface area contributed by atoms with Crippen molar-refractivity contribution in [3.8, 4) is 0 Å². The van der Waals surface area contributed by atoms with Crippen LogP contribution in [0, 0.1) is 0 Å². The number of benzene rings is 1. The molecule has 0 bridgehead atoms. The number of fused-ring (bicyclic) bond motifs is 3.